The highest BCUT2D eigenvalue weighted by atomic mass is 79.9. The van der Waals surface area contributed by atoms with E-state index in [1.165, 1.54) is 17.6 Å². The molecule has 4 aromatic carbocycles. The van der Waals surface area contributed by atoms with Gasteiger partial charge in [-0.3, -0.25) is 9.59 Å². The second-order valence-electron chi connectivity index (χ2n) is 9.91. The predicted octanol–water partition coefficient (Wildman–Crippen LogP) is 8.46. The van der Waals surface area contributed by atoms with Gasteiger partial charge in [-0.25, -0.2) is 10.4 Å². The summed E-state index contributed by atoms with van der Waals surface area (Å²) in [5, 5.41) is 13.5. The van der Waals surface area contributed by atoms with Crippen LogP contribution < -0.4 is 25.5 Å². The van der Waals surface area contributed by atoms with Gasteiger partial charge in [0.05, 0.1) is 23.0 Å². The molecule has 46 heavy (non-hydrogen) atoms. The number of hydrazone groups is 1. The Labute approximate surface area is 283 Å². The maximum Gasteiger partial charge on any atom is 0.271 e. The lowest BCUT2D eigenvalue weighted by atomic mass is 10.1. The van der Waals surface area contributed by atoms with Crippen molar-refractivity contribution in [2.75, 3.05) is 23.8 Å². The maximum absolute atomic E-state index is 12.8. The first-order valence-corrected chi connectivity index (χ1v) is 16.2. The van der Waals surface area contributed by atoms with E-state index in [9.17, 15) is 9.59 Å². The van der Waals surface area contributed by atoms with Crippen molar-refractivity contribution in [2.24, 2.45) is 5.10 Å². The van der Waals surface area contributed by atoms with Crippen molar-refractivity contribution in [3.8, 4) is 22.8 Å². The first kappa shape index (κ1) is 32.7. The summed E-state index contributed by atoms with van der Waals surface area (Å²) in [6.07, 6.45) is 1.50. The van der Waals surface area contributed by atoms with Gasteiger partial charge in [0.1, 0.15) is 0 Å². The van der Waals surface area contributed by atoms with Gasteiger partial charge in [0.15, 0.2) is 23.2 Å². The zero-order valence-corrected chi connectivity index (χ0v) is 28.0. The Kier molecular flexibility index (Phi) is 11.0. The molecule has 1 heterocycles. The standard InChI is InChI=1S/C34H29BrClN5O4S/c1-3-44-30-17-22(16-28(35)32(30)45-19-31(42)38-26-12-4-21(2)5-13-26)18-37-41-33(43)24-8-6-23(7-9-24)29-20-46-34(40-29)39-27-14-10-25(36)11-15-27/h4-18,20H,3,19H2,1-2H3,(H,38,42)(H,39,40)(H,41,43)/b37-18-. The molecule has 0 unspecified atom stereocenters. The van der Waals surface area contributed by atoms with Crippen LogP contribution in [-0.2, 0) is 4.79 Å². The highest BCUT2D eigenvalue weighted by molar-refractivity contribution is 9.10. The Balaban J connectivity index is 1.17. The molecule has 5 aromatic rings. The summed E-state index contributed by atoms with van der Waals surface area (Å²) in [6, 6.07) is 25.5. The number of anilines is 3. The van der Waals surface area contributed by atoms with Crippen molar-refractivity contribution in [1.29, 1.82) is 0 Å². The summed E-state index contributed by atoms with van der Waals surface area (Å²) in [5.74, 6) is 0.143. The van der Waals surface area contributed by atoms with E-state index in [2.05, 4.69) is 42.1 Å². The number of benzene rings is 4. The Morgan fingerprint density at radius 1 is 0.978 bits per heavy atom. The molecule has 0 aliphatic carbocycles. The normalized spacial score (nSPS) is 10.9. The maximum atomic E-state index is 12.8. The van der Waals surface area contributed by atoms with E-state index in [1.807, 2.05) is 79.9 Å². The van der Waals surface area contributed by atoms with Crippen molar-refractivity contribution < 1.29 is 19.1 Å². The Bertz CT molecular complexity index is 1850. The van der Waals surface area contributed by atoms with Gasteiger partial charge in [0, 0.05) is 32.9 Å². The lowest BCUT2D eigenvalue weighted by Gasteiger charge is -2.14. The third-order valence-electron chi connectivity index (χ3n) is 6.44. The zero-order chi connectivity index (χ0) is 32.5. The number of aromatic nitrogens is 1. The number of halogens is 2. The van der Waals surface area contributed by atoms with Crippen LogP contribution in [0.2, 0.25) is 5.02 Å². The van der Waals surface area contributed by atoms with Crippen LogP contribution in [0.1, 0.15) is 28.4 Å². The molecule has 1 aromatic heterocycles. The lowest BCUT2D eigenvalue weighted by Crippen LogP contribution is -2.20. The van der Waals surface area contributed by atoms with Gasteiger partial charge in [0.25, 0.3) is 11.8 Å². The fourth-order valence-corrected chi connectivity index (χ4v) is 5.62. The molecule has 12 heteroatoms. The molecular weight excluding hydrogens is 690 g/mol. The van der Waals surface area contributed by atoms with Crippen LogP contribution in [0.3, 0.4) is 0 Å². The molecule has 0 radical (unpaired) electrons. The van der Waals surface area contributed by atoms with E-state index in [0.29, 0.717) is 44.4 Å². The van der Waals surface area contributed by atoms with Crippen LogP contribution in [0.5, 0.6) is 11.5 Å². The first-order valence-electron chi connectivity index (χ1n) is 14.1. The predicted molar refractivity (Wildman–Crippen MR) is 188 cm³/mol. The minimum atomic E-state index is -0.366. The first-order chi connectivity index (χ1) is 22.3. The van der Waals surface area contributed by atoms with Crippen LogP contribution in [0, 0.1) is 6.92 Å². The monoisotopic (exact) mass is 717 g/mol. The van der Waals surface area contributed by atoms with Crippen molar-refractivity contribution >= 4 is 73.4 Å². The van der Waals surface area contributed by atoms with Gasteiger partial charge < -0.3 is 20.1 Å². The number of amides is 2. The van der Waals surface area contributed by atoms with Crippen molar-refractivity contribution in [3.05, 3.63) is 116 Å². The third kappa shape index (κ3) is 8.94. The van der Waals surface area contributed by atoms with Crippen molar-refractivity contribution in [1.82, 2.24) is 10.4 Å². The number of hydrogen-bond donors (Lipinski definition) is 3. The van der Waals surface area contributed by atoms with Crippen LogP contribution in [-0.4, -0.2) is 36.2 Å². The molecule has 0 atom stereocenters. The van der Waals surface area contributed by atoms with E-state index >= 15 is 0 Å². The molecule has 234 valence electrons. The number of nitrogens with zero attached hydrogens (tertiary/aromatic N) is 2. The van der Waals surface area contributed by atoms with E-state index in [0.717, 1.165) is 27.6 Å². The zero-order valence-electron chi connectivity index (χ0n) is 24.8. The Hall–Kier alpha value is -4.71. The van der Waals surface area contributed by atoms with E-state index in [-0.39, 0.29) is 18.4 Å². The number of thiazole rings is 1. The number of aryl methyl sites for hydroxylation is 1. The molecule has 2 amide bonds. The summed E-state index contributed by atoms with van der Waals surface area (Å²) < 4.78 is 12.1. The van der Waals surface area contributed by atoms with Gasteiger partial charge >= 0.3 is 0 Å². The van der Waals surface area contributed by atoms with Crippen molar-refractivity contribution in [2.45, 2.75) is 13.8 Å². The molecule has 0 saturated heterocycles. The van der Waals surface area contributed by atoms with Gasteiger partial charge in [-0.05, 0) is 96.0 Å². The summed E-state index contributed by atoms with van der Waals surface area (Å²) >= 11 is 10.9. The fraction of sp³-hybridized carbons (Fsp3) is 0.118. The highest BCUT2D eigenvalue weighted by Crippen LogP contribution is 2.36. The third-order valence-corrected chi connectivity index (χ3v) is 8.04. The van der Waals surface area contributed by atoms with Crippen LogP contribution >= 0.6 is 38.9 Å². The minimum Gasteiger partial charge on any atom is -0.490 e. The van der Waals surface area contributed by atoms with Gasteiger partial charge in [-0.2, -0.15) is 5.10 Å². The van der Waals surface area contributed by atoms with E-state index in [4.69, 9.17) is 21.1 Å². The lowest BCUT2D eigenvalue weighted by molar-refractivity contribution is -0.118. The van der Waals surface area contributed by atoms with E-state index in [1.54, 1.807) is 24.3 Å². The van der Waals surface area contributed by atoms with Crippen LogP contribution in [0.25, 0.3) is 11.3 Å². The molecule has 0 aliphatic heterocycles. The SMILES string of the molecule is CCOc1cc(/C=N\NC(=O)c2ccc(-c3csc(Nc4ccc(Cl)cc4)n3)cc2)cc(Br)c1OCC(=O)Nc1ccc(C)cc1. The molecule has 0 bridgehead atoms. The van der Waals surface area contributed by atoms with E-state index < -0.39 is 0 Å². The number of nitrogens with one attached hydrogen (secondary N) is 3. The Morgan fingerprint density at radius 2 is 1.70 bits per heavy atom. The summed E-state index contributed by atoms with van der Waals surface area (Å²) in [6.45, 7) is 4.00. The molecule has 0 spiro atoms. The second-order valence-corrected chi connectivity index (χ2v) is 12.1. The van der Waals surface area contributed by atoms with Gasteiger partial charge in [-0.1, -0.05) is 41.4 Å². The number of rotatable bonds is 12. The quantitative estimate of drug-likeness (QED) is 0.0882. The fourth-order valence-electron chi connectivity index (χ4n) is 4.18. The summed E-state index contributed by atoms with van der Waals surface area (Å²) in [7, 11) is 0. The number of carbonyl (C=O) groups is 2. The second kappa shape index (κ2) is 15.5. The topological polar surface area (TPSA) is 114 Å². The highest BCUT2D eigenvalue weighted by Gasteiger charge is 2.14. The van der Waals surface area contributed by atoms with Crippen LogP contribution in [0.15, 0.2) is 99.9 Å². The molecule has 9 nitrogen and oxygen atoms in total. The number of ether oxygens (including phenoxy) is 2. The smallest absolute Gasteiger partial charge is 0.271 e. The van der Waals surface area contributed by atoms with Gasteiger partial charge in [0.2, 0.25) is 0 Å². The minimum absolute atomic E-state index is 0.210. The average Bonchev–Trinajstić information content (AvgIpc) is 3.51. The molecule has 3 N–H and O–H groups in total. The van der Waals surface area contributed by atoms with Crippen LogP contribution in [0.4, 0.5) is 16.5 Å². The van der Waals surface area contributed by atoms with Gasteiger partial charge in [-0.15, -0.1) is 11.3 Å². The molecule has 5 rings (SSSR count). The number of hydrogen-bond acceptors (Lipinski definition) is 8. The summed E-state index contributed by atoms with van der Waals surface area (Å²) in [4.78, 5) is 29.8. The number of carbonyl (C=O) groups excluding carboxylic acids is 2. The largest absolute Gasteiger partial charge is 0.490 e. The molecular formula is C34H29BrClN5O4S. The molecule has 0 fully saturated rings. The summed E-state index contributed by atoms with van der Waals surface area (Å²) in [5.41, 5.74) is 7.99. The Morgan fingerprint density at radius 3 is 2.41 bits per heavy atom. The molecule has 0 aliphatic rings. The van der Waals surface area contributed by atoms with Crippen molar-refractivity contribution in [3.63, 3.8) is 0 Å². The average molecular weight is 719 g/mol. The molecule has 0 saturated carbocycles.